The van der Waals surface area contributed by atoms with Gasteiger partial charge in [0.15, 0.2) is 12.2 Å². The average Bonchev–Trinajstić information content (AvgIpc) is 2.72. The molecular formula is C21H35Cl2F9N2O. The normalized spacial score (nSPS) is 15.4. The first-order valence-corrected chi connectivity index (χ1v) is 11.8. The summed E-state index contributed by atoms with van der Waals surface area (Å²) >= 11 is 6.60. The predicted octanol–water partition coefficient (Wildman–Crippen LogP) is 4.34. The summed E-state index contributed by atoms with van der Waals surface area (Å²) < 4.78 is 119. The number of carbonyl (C=O) groups excluding carboxylic acids is 1. The second-order valence-electron chi connectivity index (χ2n) is 8.73. The zero-order valence-corrected chi connectivity index (χ0v) is 21.8. The molecule has 2 unspecified atom stereocenters. The van der Waals surface area contributed by atoms with Crippen LogP contribution in [0.4, 0.5) is 39.5 Å². The molecule has 14 heteroatoms. The summed E-state index contributed by atoms with van der Waals surface area (Å²) in [6.07, 6.45) is -3.88. The Kier molecular flexibility index (Phi) is 15.0. The van der Waals surface area contributed by atoms with Gasteiger partial charge in [0, 0.05) is 18.8 Å². The quantitative estimate of drug-likeness (QED) is 0.0963. The fourth-order valence-electron chi connectivity index (χ4n) is 3.53. The van der Waals surface area contributed by atoms with Crippen LogP contribution in [-0.2, 0) is 4.79 Å². The van der Waals surface area contributed by atoms with Crippen molar-refractivity contribution in [1.29, 1.82) is 0 Å². The van der Waals surface area contributed by atoms with Crippen molar-refractivity contribution in [3.05, 3.63) is 0 Å². The third kappa shape index (κ3) is 8.72. The van der Waals surface area contributed by atoms with E-state index in [1.807, 2.05) is 20.8 Å². The summed E-state index contributed by atoms with van der Waals surface area (Å²) in [6.45, 7) is 7.10. The number of hydrogen-bond acceptors (Lipinski definition) is 1. The Balaban J connectivity index is 0. The predicted molar refractivity (Wildman–Crippen MR) is 112 cm³/mol. The van der Waals surface area contributed by atoms with E-state index < -0.39 is 47.7 Å². The SMILES string of the molecule is CCCC[N+](CCCC)(CNC(=O)CC(C)C(F)(F)C(F)(F)C(F)(F)C(F)(F)F)C(Cl)CCC.[Cl-]. The highest BCUT2D eigenvalue weighted by atomic mass is 35.5. The van der Waals surface area contributed by atoms with Crippen LogP contribution in [0, 0.1) is 5.92 Å². The lowest BCUT2D eigenvalue weighted by molar-refractivity contribution is -0.941. The molecular weight excluding hydrogens is 538 g/mol. The van der Waals surface area contributed by atoms with Crippen molar-refractivity contribution in [2.75, 3.05) is 19.8 Å². The molecule has 0 aliphatic rings. The van der Waals surface area contributed by atoms with Crippen LogP contribution >= 0.6 is 11.6 Å². The van der Waals surface area contributed by atoms with E-state index >= 15 is 0 Å². The molecule has 0 heterocycles. The van der Waals surface area contributed by atoms with Gasteiger partial charge in [-0.2, -0.15) is 39.5 Å². The molecule has 0 bridgehead atoms. The van der Waals surface area contributed by atoms with E-state index in [1.165, 1.54) is 0 Å². The standard InChI is InChI=1S/C21H34ClF9N2O.ClH/c1-5-8-11-33(12-9-6-2,16(22)10-7-3)14-32-17(34)13-15(4)18(23,24)19(25,26)20(27,28)21(29,30)31;/h15-16H,5-14H2,1-4H3;1H. The van der Waals surface area contributed by atoms with E-state index in [1.54, 1.807) is 0 Å². The van der Waals surface area contributed by atoms with Gasteiger partial charge in [-0.1, -0.05) is 52.1 Å². The first-order chi connectivity index (χ1) is 15.4. The fraction of sp³-hybridized carbons (Fsp3) is 0.952. The van der Waals surface area contributed by atoms with Gasteiger partial charge in [-0.15, -0.1) is 0 Å². The molecule has 0 aromatic heterocycles. The van der Waals surface area contributed by atoms with Crippen LogP contribution in [0.1, 0.15) is 72.6 Å². The molecule has 2 atom stereocenters. The Morgan fingerprint density at radius 3 is 1.69 bits per heavy atom. The van der Waals surface area contributed by atoms with Gasteiger partial charge in [-0.3, -0.25) is 9.28 Å². The minimum absolute atomic E-state index is 0. The Bertz CT molecular complexity index is 626. The van der Waals surface area contributed by atoms with Gasteiger partial charge < -0.3 is 17.7 Å². The summed E-state index contributed by atoms with van der Waals surface area (Å²) in [5.41, 5.74) is -0.433. The minimum Gasteiger partial charge on any atom is -1.00 e. The number of rotatable bonds is 16. The lowest BCUT2D eigenvalue weighted by Crippen LogP contribution is -3.00. The van der Waals surface area contributed by atoms with Crippen molar-refractivity contribution < 1.29 is 61.2 Å². The zero-order valence-electron chi connectivity index (χ0n) is 20.2. The molecule has 0 aromatic carbocycles. The molecule has 0 aromatic rings. The lowest BCUT2D eigenvalue weighted by Gasteiger charge is -2.42. The Hall–Kier alpha value is -0.620. The van der Waals surface area contributed by atoms with Gasteiger partial charge in [-0.25, -0.2) is 0 Å². The molecule has 3 nitrogen and oxygen atoms in total. The largest absolute Gasteiger partial charge is 1.00 e. The number of nitrogens with zero attached hydrogens (tertiary/aromatic N) is 1. The highest BCUT2D eigenvalue weighted by Gasteiger charge is 2.82. The Labute approximate surface area is 212 Å². The van der Waals surface area contributed by atoms with Crippen molar-refractivity contribution in [2.45, 2.75) is 102 Å². The monoisotopic (exact) mass is 572 g/mol. The molecule has 1 N–H and O–H groups in total. The van der Waals surface area contributed by atoms with E-state index in [0.29, 0.717) is 26.4 Å². The van der Waals surface area contributed by atoms with Crippen LogP contribution in [-0.4, -0.2) is 59.6 Å². The van der Waals surface area contributed by atoms with Crippen LogP contribution in [0.2, 0.25) is 0 Å². The summed E-state index contributed by atoms with van der Waals surface area (Å²) in [6, 6.07) is 0. The average molecular weight is 573 g/mol. The topological polar surface area (TPSA) is 29.1 Å². The van der Waals surface area contributed by atoms with Crippen LogP contribution in [0.25, 0.3) is 0 Å². The van der Waals surface area contributed by atoms with Crippen molar-refractivity contribution in [1.82, 2.24) is 5.32 Å². The van der Waals surface area contributed by atoms with Gasteiger partial charge in [0.05, 0.1) is 13.1 Å². The maximum atomic E-state index is 14.1. The number of hydrogen-bond donors (Lipinski definition) is 1. The molecule has 35 heavy (non-hydrogen) atoms. The number of unbranched alkanes of at least 4 members (excludes halogenated alkanes) is 2. The van der Waals surface area contributed by atoms with E-state index in [0.717, 1.165) is 32.1 Å². The maximum Gasteiger partial charge on any atom is 0.460 e. The van der Waals surface area contributed by atoms with Crippen LogP contribution in [0.5, 0.6) is 0 Å². The highest BCUT2D eigenvalue weighted by Crippen LogP contribution is 2.55. The van der Waals surface area contributed by atoms with Gasteiger partial charge >= 0.3 is 23.9 Å². The molecule has 0 rings (SSSR count). The molecule has 0 saturated heterocycles. The summed E-state index contributed by atoms with van der Waals surface area (Å²) in [5, 5.41) is 2.37. The van der Waals surface area contributed by atoms with Gasteiger partial charge in [-0.05, 0) is 19.3 Å². The van der Waals surface area contributed by atoms with E-state index in [2.05, 4.69) is 5.32 Å². The van der Waals surface area contributed by atoms with Crippen molar-refractivity contribution in [3.63, 3.8) is 0 Å². The Morgan fingerprint density at radius 2 is 1.31 bits per heavy atom. The number of alkyl halides is 10. The number of quaternary nitrogens is 1. The van der Waals surface area contributed by atoms with Gasteiger partial charge in [0.1, 0.15) is 0 Å². The first-order valence-electron chi connectivity index (χ1n) is 11.3. The van der Waals surface area contributed by atoms with Crippen molar-refractivity contribution in [3.8, 4) is 0 Å². The molecule has 1 amide bonds. The molecule has 212 valence electrons. The Morgan fingerprint density at radius 1 is 0.857 bits per heavy atom. The maximum absolute atomic E-state index is 14.1. The van der Waals surface area contributed by atoms with Gasteiger partial charge in [0.25, 0.3) is 0 Å². The van der Waals surface area contributed by atoms with Gasteiger partial charge in [0.2, 0.25) is 5.91 Å². The number of carbonyl (C=O) groups is 1. The van der Waals surface area contributed by atoms with Crippen molar-refractivity contribution >= 4 is 17.5 Å². The number of amides is 1. The van der Waals surface area contributed by atoms with E-state index in [4.69, 9.17) is 11.6 Å². The van der Waals surface area contributed by atoms with Crippen LogP contribution in [0.15, 0.2) is 0 Å². The van der Waals surface area contributed by atoms with Crippen LogP contribution in [0.3, 0.4) is 0 Å². The summed E-state index contributed by atoms with van der Waals surface area (Å²) in [5.74, 6) is -23.5. The zero-order chi connectivity index (χ0) is 27.0. The molecule has 0 radical (unpaired) electrons. The van der Waals surface area contributed by atoms with Crippen molar-refractivity contribution in [2.24, 2.45) is 5.92 Å². The molecule has 0 aliphatic heterocycles. The molecule has 0 spiro atoms. The van der Waals surface area contributed by atoms with E-state index in [9.17, 15) is 44.3 Å². The highest BCUT2D eigenvalue weighted by molar-refractivity contribution is 6.19. The van der Waals surface area contributed by atoms with Crippen LogP contribution < -0.4 is 17.7 Å². The van der Waals surface area contributed by atoms with E-state index in [-0.39, 0.29) is 23.6 Å². The number of nitrogens with one attached hydrogen (secondary N) is 1. The smallest absolute Gasteiger partial charge is 0.460 e. The minimum atomic E-state index is -6.98. The third-order valence-electron chi connectivity index (χ3n) is 5.91. The lowest BCUT2D eigenvalue weighted by atomic mass is 9.90. The first kappa shape index (κ1) is 36.5. The summed E-state index contributed by atoms with van der Waals surface area (Å²) in [4.78, 5) is 12.3. The molecule has 0 saturated carbocycles. The molecule has 0 fully saturated rings. The second kappa shape index (κ2) is 14.4. The molecule has 0 aliphatic carbocycles. The summed E-state index contributed by atoms with van der Waals surface area (Å²) in [7, 11) is 0. The fourth-order valence-corrected chi connectivity index (χ4v) is 4.01. The number of halogens is 11. The second-order valence-corrected chi connectivity index (χ2v) is 9.23. The third-order valence-corrected chi connectivity index (χ3v) is 6.54.